The Hall–Kier alpha value is -2.27. The molecule has 126 valence electrons. The number of aryl methyl sites for hydroxylation is 1. The number of sulfonamides is 1. The molecule has 4 nitrogen and oxygen atoms in total. The zero-order chi connectivity index (χ0) is 17.5. The van der Waals surface area contributed by atoms with Gasteiger partial charge in [0, 0.05) is 11.5 Å². The Bertz CT molecular complexity index is 912. The summed E-state index contributed by atoms with van der Waals surface area (Å²) in [5.41, 5.74) is 4.35. The number of anilines is 1. The van der Waals surface area contributed by atoms with Gasteiger partial charge in [0.2, 0.25) is 0 Å². The average Bonchev–Trinajstić information content (AvgIpc) is 2.53. The lowest BCUT2D eigenvalue weighted by Gasteiger charge is -2.26. The van der Waals surface area contributed by atoms with Crippen molar-refractivity contribution in [3.8, 4) is 5.75 Å². The second-order valence-electron chi connectivity index (χ2n) is 6.32. The Morgan fingerprint density at radius 2 is 1.75 bits per heavy atom. The van der Waals surface area contributed by atoms with Gasteiger partial charge in [-0.3, -0.25) is 4.72 Å². The molecule has 0 saturated carbocycles. The highest BCUT2D eigenvalue weighted by molar-refractivity contribution is 7.92. The van der Waals surface area contributed by atoms with E-state index in [0.717, 1.165) is 16.7 Å². The van der Waals surface area contributed by atoms with Gasteiger partial charge in [-0.2, -0.15) is 0 Å². The standard InChI is InChI=1S/C19H21NO3S/c1-12-4-7-15(8-5-12)24(22,23)20-17-10-11-18(21)16-9-6-13(2)14(3)19(16)17/h4-8,10-11,14,20-21H,9H2,1-3H3. The van der Waals surface area contributed by atoms with Crippen LogP contribution < -0.4 is 4.72 Å². The Morgan fingerprint density at radius 1 is 1.08 bits per heavy atom. The number of phenolic OH excluding ortho intramolecular Hbond substituents is 1. The summed E-state index contributed by atoms with van der Waals surface area (Å²) in [7, 11) is -3.67. The van der Waals surface area contributed by atoms with Crippen LogP contribution in [0.15, 0.2) is 52.9 Å². The van der Waals surface area contributed by atoms with Gasteiger partial charge in [0.15, 0.2) is 0 Å². The Kier molecular flexibility index (Phi) is 4.13. The number of nitrogens with one attached hydrogen (secondary N) is 1. The highest BCUT2D eigenvalue weighted by Gasteiger charge is 2.25. The molecular weight excluding hydrogens is 322 g/mol. The van der Waals surface area contributed by atoms with Crippen molar-refractivity contribution in [1.29, 1.82) is 0 Å². The quantitative estimate of drug-likeness (QED) is 0.651. The first-order valence-electron chi connectivity index (χ1n) is 7.90. The first-order chi connectivity index (χ1) is 11.3. The maximum Gasteiger partial charge on any atom is 0.261 e. The predicted octanol–water partition coefficient (Wildman–Crippen LogP) is 4.11. The van der Waals surface area contributed by atoms with E-state index >= 15 is 0 Å². The average molecular weight is 343 g/mol. The normalized spacial score (nSPS) is 17.1. The number of rotatable bonds is 3. The van der Waals surface area contributed by atoms with Crippen molar-refractivity contribution in [3.63, 3.8) is 0 Å². The fraction of sp³-hybridized carbons (Fsp3) is 0.263. The summed E-state index contributed by atoms with van der Waals surface area (Å²) in [6.07, 6.45) is 2.68. The van der Waals surface area contributed by atoms with Gasteiger partial charge in [-0.25, -0.2) is 8.42 Å². The van der Waals surface area contributed by atoms with E-state index in [1.807, 2.05) is 20.8 Å². The molecule has 0 bridgehead atoms. The fourth-order valence-corrected chi connectivity index (χ4v) is 4.12. The van der Waals surface area contributed by atoms with Crippen LogP contribution in [0.3, 0.4) is 0 Å². The van der Waals surface area contributed by atoms with Crippen molar-refractivity contribution in [2.24, 2.45) is 0 Å². The third-order valence-electron chi connectivity index (χ3n) is 4.65. The van der Waals surface area contributed by atoms with E-state index in [-0.39, 0.29) is 16.6 Å². The van der Waals surface area contributed by atoms with E-state index in [0.29, 0.717) is 12.1 Å². The molecule has 2 aromatic rings. The third kappa shape index (κ3) is 2.91. The third-order valence-corrected chi connectivity index (χ3v) is 6.03. The van der Waals surface area contributed by atoms with Crippen LogP contribution >= 0.6 is 0 Å². The second-order valence-corrected chi connectivity index (χ2v) is 8.00. The van der Waals surface area contributed by atoms with Crippen LogP contribution in [0.5, 0.6) is 5.75 Å². The van der Waals surface area contributed by atoms with Gasteiger partial charge in [-0.15, -0.1) is 0 Å². The number of hydrogen-bond acceptors (Lipinski definition) is 3. The maximum absolute atomic E-state index is 12.7. The first kappa shape index (κ1) is 16.6. The molecule has 0 saturated heterocycles. The lowest BCUT2D eigenvalue weighted by atomic mass is 9.82. The first-order valence-corrected chi connectivity index (χ1v) is 9.39. The molecule has 0 fully saturated rings. The van der Waals surface area contributed by atoms with E-state index in [4.69, 9.17) is 0 Å². The number of benzene rings is 2. The van der Waals surface area contributed by atoms with Crippen molar-refractivity contribution in [3.05, 3.63) is 64.7 Å². The monoisotopic (exact) mass is 343 g/mol. The van der Waals surface area contributed by atoms with E-state index in [1.54, 1.807) is 36.4 Å². The van der Waals surface area contributed by atoms with Crippen LogP contribution in [0.4, 0.5) is 5.69 Å². The van der Waals surface area contributed by atoms with Crippen LogP contribution in [0.1, 0.15) is 36.5 Å². The maximum atomic E-state index is 12.7. The van der Waals surface area contributed by atoms with Crippen molar-refractivity contribution >= 4 is 15.7 Å². The van der Waals surface area contributed by atoms with E-state index in [1.165, 1.54) is 5.57 Å². The molecule has 1 unspecified atom stereocenters. The highest BCUT2D eigenvalue weighted by Crippen LogP contribution is 2.41. The molecule has 0 radical (unpaired) electrons. The summed E-state index contributed by atoms with van der Waals surface area (Å²) in [6.45, 7) is 5.96. The summed E-state index contributed by atoms with van der Waals surface area (Å²) < 4.78 is 28.1. The molecule has 0 aliphatic heterocycles. The largest absolute Gasteiger partial charge is 0.508 e. The van der Waals surface area contributed by atoms with E-state index in [9.17, 15) is 13.5 Å². The van der Waals surface area contributed by atoms with Crippen molar-refractivity contribution < 1.29 is 13.5 Å². The van der Waals surface area contributed by atoms with Crippen molar-refractivity contribution in [2.45, 2.75) is 38.0 Å². The second kappa shape index (κ2) is 5.98. The molecule has 0 heterocycles. The molecule has 0 amide bonds. The van der Waals surface area contributed by atoms with Crippen LogP contribution in [-0.4, -0.2) is 13.5 Å². The lowest BCUT2D eigenvalue weighted by Crippen LogP contribution is -2.17. The minimum atomic E-state index is -3.67. The number of phenols is 1. The minimum Gasteiger partial charge on any atom is -0.508 e. The number of fused-ring (bicyclic) bond motifs is 1. The zero-order valence-electron chi connectivity index (χ0n) is 14.0. The van der Waals surface area contributed by atoms with E-state index < -0.39 is 10.0 Å². The van der Waals surface area contributed by atoms with Gasteiger partial charge in [0.25, 0.3) is 10.0 Å². The molecule has 3 rings (SSSR count). The van der Waals surface area contributed by atoms with E-state index in [2.05, 4.69) is 10.8 Å². The van der Waals surface area contributed by atoms with Crippen molar-refractivity contribution in [2.75, 3.05) is 4.72 Å². The topological polar surface area (TPSA) is 66.4 Å². The Balaban J connectivity index is 2.04. The molecule has 1 aliphatic rings. The fourth-order valence-electron chi connectivity index (χ4n) is 3.04. The van der Waals surface area contributed by atoms with Gasteiger partial charge in [0.1, 0.15) is 5.75 Å². The van der Waals surface area contributed by atoms with Crippen LogP contribution in [-0.2, 0) is 16.4 Å². The van der Waals surface area contributed by atoms with Gasteiger partial charge >= 0.3 is 0 Å². The SMILES string of the molecule is CC1=CCc2c(O)ccc(NS(=O)(=O)c3ccc(C)cc3)c2C1C. The summed E-state index contributed by atoms with van der Waals surface area (Å²) >= 11 is 0. The van der Waals surface area contributed by atoms with Crippen LogP contribution in [0.25, 0.3) is 0 Å². The Morgan fingerprint density at radius 3 is 2.42 bits per heavy atom. The smallest absolute Gasteiger partial charge is 0.261 e. The minimum absolute atomic E-state index is 0.0524. The van der Waals surface area contributed by atoms with Crippen molar-refractivity contribution in [1.82, 2.24) is 0 Å². The van der Waals surface area contributed by atoms with Gasteiger partial charge < -0.3 is 5.11 Å². The number of hydrogen-bond donors (Lipinski definition) is 2. The van der Waals surface area contributed by atoms with Gasteiger partial charge in [-0.1, -0.05) is 36.3 Å². The molecular formula is C19H21NO3S. The van der Waals surface area contributed by atoms with Gasteiger partial charge in [-0.05, 0) is 50.1 Å². The molecule has 2 aromatic carbocycles. The number of aromatic hydroxyl groups is 1. The van der Waals surface area contributed by atoms with Crippen LogP contribution in [0.2, 0.25) is 0 Å². The lowest BCUT2D eigenvalue weighted by molar-refractivity contribution is 0.467. The molecule has 24 heavy (non-hydrogen) atoms. The highest BCUT2D eigenvalue weighted by atomic mass is 32.2. The van der Waals surface area contributed by atoms with Gasteiger partial charge in [0.05, 0.1) is 10.6 Å². The predicted molar refractivity (Wildman–Crippen MR) is 96.0 cm³/mol. The summed E-state index contributed by atoms with van der Waals surface area (Å²) in [4.78, 5) is 0.227. The van der Waals surface area contributed by atoms with Crippen LogP contribution in [0, 0.1) is 6.92 Å². The summed E-state index contributed by atoms with van der Waals surface area (Å²) in [6, 6.07) is 9.92. The summed E-state index contributed by atoms with van der Waals surface area (Å²) in [5, 5.41) is 10.1. The number of allylic oxidation sites excluding steroid dienone is 2. The molecule has 0 spiro atoms. The molecule has 2 N–H and O–H groups in total. The Labute approximate surface area is 142 Å². The molecule has 1 atom stereocenters. The molecule has 1 aliphatic carbocycles. The molecule has 0 aromatic heterocycles. The molecule has 5 heteroatoms. The zero-order valence-corrected chi connectivity index (χ0v) is 14.8. The summed E-state index contributed by atoms with van der Waals surface area (Å²) in [5.74, 6) is 0.260.